The van der Waals surface area contributed by atoms with E-state index in [0.717, 1.165) is 5.56 Å². The molecule has 0 saturated carbocycles. The van der Waals surface area contributed by atoms with E-state index < -0.39 is 10.8 Å². The third kappa shape index (κ3) is 3.43. The maximum atomic E-state index is 11.9. The molecule has 3 unspecified atom stereocenters. The zero-order valence-corrected chi connectivity index (χ0v) is 10.4. The molecule has 0 amide bonds. The number of nitrogens with two attached hydrogens (primary N) is 1. The normalized spacial score (nSPS) is 17.1. The summed E-state index contributed by atoms with van der Waals surface area (Å²) in [5, 5.41) is 0.0459. The fourth-order valence-corrected chi connectivity index (χ4v) is 2.67. The van der Waals surface area contributed by atoms with Crippen molar-refractivity contribution in [1.29, 1.82) is 0 Å². The second kappa shape index (κ2) is 5.42. The third-order valence-electron chi connectivity index (χ3n) is 2.71. The molecule has 0 bridgehead atoms. The highest BCUT2D eigenvalue weighted by atomic mass is 32.2. The third-order valence-corrected chi connectivity index (χ3v) is 4.57. The van der Waals surface area contributed by atoms with Gasteiger partial charge < -0.3 is 5.73 Å². The van der Waals surface area contributed by atoms with Gasteiger partial charge in [-0.15, -0.1) is 0 Å². The molecule has 0 heterocycles. The van der Waals surface area contributed by atoms with E-state index in [1.165, 1.54) is 5.56 Å². The summed E-state index contributed by atoms with van der Waals surface area (Å²) in [6.07, 6.45) is 0. The molecule has 3 heteroatoms. The number of hydrogen-bond acceptors (Lipinski definition) is 2. The van der Waals surface area contributed by atoms with Crippen LogP contribution in [-0.4, -0.2) is 15.5 Å². The Labute approximate surface area is 94.3 Å². The summed E-state index contributed by atoms with van der Waals surface area (Å²) in [7, 11) is -0.881. The molecule has 0 spiro atoms. The molecule has 1 aromatic carbocycles. The lowest BCUT2D eigenvalue weighted by Crippen LogP contribution is -2.33. The number of benzene rings is 1. The van der Waals surface area contributed by atoms with Gasteiger partial charge in [-0.1, -0.05) is 24.3 Å². The van der Waals surface area contributed by atoms with Gasteiger partial charge in [0.25, 0.3) is 0 Å². The predicted octanol–water partition coefficient (Wildman–Crippen LogP) is 1.98. The van der Waals surface area contributed by atoms with Crippen LogP contribution in [0, 0.1) is 6.92 Å². The Morgan fingerprint density at radius 2 is 1.93 bits per heavy atom. The van der Waals surface area contributed by atoms with Crippen molar-refractivity contribution in [3.05, 3.63) is 35.4 Å². The first-order valence-electron chi connectivity index (χ1n) is 5.19. The molecule has 2 N–H and O–H groups in total. The second-order valence-corrected chi connectivity index (χ2v) is 5.81. The van der Waals surface area contributed by atoms with Crippen molar-refractivity contribution in [2.24, 2.45) is 5.73 Å². The van der Waals surface area contributed by atoms with Crippen molar-refractivity contribution >= 4 is 10.8 Å². The lowest BCUT2D eigenvalue weighted by Gasteiger charge is -2.15. The fourth-order valence-electron chi connectivity index (χ4n) is 1.30. The Morgan fingerprint density at radius 3 is 2.47 bits per heavy atom. The Bertz CT molecular complexity index is 349. The fraction of sp³-hybridized carbons (Fsp3) is 0.500. The van der Waals surface area contributed by atoms with Gasteiger partial charge in [-0.05, 0) is 31.9 Å². The molecule has 15 heavy (non-hydrogen) atoms. The van der Waals surface area contributed by atoms with Crippen LogP contribution >= 0.6 is 0 Å². The van der Waals surface area contributed by atoms with Gasteiger partial charge in [0.1, 0.15) is 0 Å². The summed E-state index contributed by atoms with van der Waals surface area (Å²) in [5.74, 6) is 0.607. The van der Waals surface area contributed by atoms with Crippen molar-refractivity contribution in [2.45, 2.75) is 37.8 Å². The Hall–Kier alpha value is -0.670. The van der Waals surface area contributed by atoms with Gasteiger partial charge >= 0.3 is 0 Å². The molecule has 0 fully saturated rings. The van der Waals surface area contributed by atoms with Crippen LogP contribution in [0.2, 0.25) is 0 Å². The van der Waals surface area contributed by atoms with E-state index in [2.05, 4.69) is 0 Å². The van der Waals surface area contributed by atoms with Crippen LogP contribution in [0.25, 0.3) is 0 Å². The summed E-state index contributed by atoms with van der Waals surface area (Å²) in [6, 6.07) is 8.03. The first-order chi connectivity index (χ1) is 7.02. The van der Waals surface area contributed by atoms with Gasteiger partial charge in [-0.25, -0.2) is 0 Å². The maximum Gasteiger partial charge on any atom is 0.0491 e. The van der Waals surface area contributed by atoms with Crippen LogP contribution in [0.3, 0.4) is 0 Å². The highest BCUT2D eigenvalue weighted by Gasteiger charge is 2.16. The van der Waals surface area contributed by atoms with Crippen molar-refractivity contribution < 1.29 is 4.21 Å². The molecule has 0 aliphatic heterocycles. The molecular weight excluding hydrogens is 206 g/mol. The average Bonchev–Trinajstić information content (AvgIpc) is 2.20. The molecule has 0 aliphatic carbocycles. The van der Waals surface area contributed by atoms with Crippen molar-refractivity contribution in [3.8, 4) is 0 Å². The molecule has 3 atom stereocenters. The molecule has 0 aliphatic rings. The van der Waals surface area contributed by atoms with Gasteiger partial charge in [0.15, 0.2) is 0 Å². The highest BCUT2D eigenvalue weighted by molar-refractivity contribution is 7.84. The predicted molar refractivity (Wildman–Crippen MR) is 66.1 cm³/mol. The zero-order chi connectivity index (χ0) is 11.4. The van der Waals surface area contributed by atoms with Crippen molar-refractivity contribution in [2.75, 3.05) is 0 Å². The Kier molecular flexibility index (Phi) is 4.48. The van der Waals surface area contributed by atoms with E-state index in [1.807, 2.05) is 45.0 Å². The quantitative estimate of drug-likeness (QED) is 0.851. The summed E-state index contributed by atoms with van der Waals surface area (Å²) in [4.78, 5) is 0. The maximum absolute atomic E-state index is 11.9. The van der Waals surface area contributed by atoms with E-state index in [-0.39, 0.29) is 11.3 Å². The van der Waals surface area contributed by atoms with E-state index in [0.29, 0.717) is 5.75 Å². The topological polar surface area (TPSA) is 43.1 Å². The summed E-state index contributed by atoms with van der Waals surface area (Å²) in [5.41, 5.74) is 8.09. The van der Waals surface area contributed by atoms with Crippen LogP contribution < -0.4 is 5.73 Å². The van der Waals surface area contributed by atoms with Crippen molar-refractivity contribution in [1.82, 2.24) is 0 Å². The van der Waals surface area contributed by atoms with Gasteiger partial charge in [0.05, 0.1) is 0 Å². The second-order valence-electron chi connectivity index (χ2n) is 4.02. The summed E-state index contributed by atoms with van der Waals surface area (Å²) in [6.45, 7) is 5.89. The molecule has 1 rings (SSSR count). The Balaban J connectivity index is 2.71. The first kappa shape index (κ1) is 12.4. The van der Waals surface area contributed by atoms with Crippen LogP contribution in [0.5, 0.6) is 0 Å². The van der Waals surface area contributed by atoms with Crippen LogP contribution in [0.1, 0.15) is 25.0 Å². The SMILES string of the molecule is Cc1ccccc1CS(=O)C(C)C(C)N. The lowest BCUT2D eigenvalue weighted by molar-refractivity contribution is 0.648. The van der Waals surface area contributed by atoms with Crippen LogP contribution in [0.15, 0.2) is 24.3 Å². The molecule has 2 nitrogen and oxygen atoms in total. The van der Waals surface area contributed by atoms with E-state index >= 15 is 0 Å². The smallest absolute Gasteiger partial charge is 0.0491 e. The monoisotopic (exact) mass is 225 g/mol. The molecular formula is C12H19NOS. The number of rotatable bonds is 4. The van der Waals surface area contributed by atoms with Crippen molar-refractivity contribution in [3.63, 3.8) is 0 Å². The molecule has 84 valence electrons. The van der Waals surface area contributed by atoms with E-state index in [1.54, 1.807) is 0 Å². The number of aryl methyl sites for hydroxylation is 1. The van der Waals surface area contributed by atoms with Gasteiger partial charge in [-0.3, -0.25) is 4.21 Å². The minimum atomic E-state index is -0.881. The van der Waals surface area contributed by atoms with Crippen LogP contribution in [0.4, 0.5) is 0 Å². The van der Waals surface area contributed by atoms with E-state index in [9.17, 15) is 4.21 Å². The largest absolute Gasteiger partial charge is 0.327 e. The Morgan fingerprint density at radius 1 is 1.33 bits per heavy atom. The minimum absolute atomic E-state index is 0.0187. The van der Waals surface area contributed by atoms with Gasteiger partial charge in [0.2, 0.25) is 0 Å². The zero-order valence-electron chi connectivity index (χ0n) is 9.57. The summed E-state index contributed by atoms with van der Waals surface area (Å²) < 4.78 is 11.9. The summed E-state index contributed by atoms with van der Waals surface area (Å²) >= 11 is 0. The standard InChI is InChI=1S/C12H19NOS/c1-9-6-4-5-7-12(9)8-15(14)11(3)10(2)13/h4-7,10-11H,8,13H2,1-3H3. The van der Waals surface area contributed by atoms with Crippen LogP contribution in [-0.2, 0) is 16.6 Å². The lowest BCUT2D eigenvalue weighted by atomic mass is 10.1. The molecule has 0 saturated heterocycles. The molecule has 0 radical (unpaired) electrons. The minimum Gasteiger partial charge on any atom is -0.327 e. The van der Waals surface area contributed by atoms with E-state index in [4.69, 9.17) is 5.73 Å². The van der Waals surface area contributed by atoms with Gasteiger partial charge in [0, 0.05) is 27.8 Å². The average molecular weight is 225 g/mol. The number of hydrogen-bond donors (Lipinski definition) is 1. The highest BCUT2D eigenvalue weighted by Crippen LogP contribution is 2.12. The molecule has 0 aromatic heterocycles. The molecule has 1 aromatic rings. The van der Waals surface area contributed by atoms with Gasteiger partial charge in [-0.2, -0.15) is 0 Å². The first-order valence-corrected chi connectivity index (χ1v) is 6.58.